The largest absolute Gasteiger partial charge is 0.507 e. The average molecular weight is 418 g/mol. The van der Waals surface area contributed by atoms with E-state index in [9.17, 15) is 19.1 Å². The smallest absolute Gasteiger partial charge is 0.295 e. The summed E-state index contributed by atoms with van der Waals surface area (Å²) in [5, 5.41) is 11.3. The average Bonchev–Trinajstić information content (AvgIpc) is 2.93. The van der Waals surface area contributed by atoms with Crippen LogP contribution in [-0.4, -0.2) is 48.9 Å². The normalized spacial score (nSPS) is 18.7. The third-order valence-electron chi connectivity index (χ3n) is 4.93. The summed E-state index contributed by atoms with van der Waals surface area (Å²) in [7, 11) is 3.98. The van der Waals surface area contributed by atoms with E-state index in [1.165, 1.54) is 21.9 Å². The lowest BCUT2D eigenvalue weighted by molar-refractivity contribution is -0.858. The van der Waals surface area contributed by atoms with Crippen molar-refractivity contribution in [1.82, 2.24) is 4.90 Å². The molecule has 1 saturated heterocycles. The summed E-state index contributed by atoms with van der Waals surface area (Å²) < 4.78 is 14.6. The summed E-state index contributed by atoms with van der Waals surface area (Å²) in [6.45, 7) is 1.07. The lowest BCUT2D eigenvalue weighted by Crippen LogP contribution is -3.05. The molecule has 152 valence electrons. The molecule has 2 aromatic carbocycles. The van der Waals surface area contributed by atoms with Crippen LogP contribution in [0, 0.1) is 5.82 Å². The van der Waals surface area contributed by atoms with Gasteiger partial charge in [0.25, 0.3) is 11.7 Å². The van der Waals surface area contributed by atoms with Gasteiger partial charge in [0.05, 0.1) is 32.3 Å². The Labute approximate surface area is 174 Å². The fourth-order valence-electron chi connectivity index (χ4n) is 3.50. The third kappa shape index (κ3) is 4.33. The van der Waals surface area contributed by atoms with Gasteiger partial charge in [-0.3, -0.25) is 9.59 Å². The Morgan fingerprint density at radius 1 is 1.14 bits per heavy atom. The highest BCUT2D eigenvalue weighted by Crippen LogP contribution is 2.40. The highest BCUT2D eigenvalue weighted by molar-refractivity contribution is 6.46. The second-order valence-electron chi connectivity index (χ2n) is 7.33. The molecular formula is C22H23ClFN2O3+. The highest BCUT2D eigenvalue weighted by atomic mass is 35.5. The number of quaternary nitrogens is 1. The fourth-order valence-corrected chi connectivity index (χ4v) is 3.62. The molecule has 0 unspecified atom stereocenters. The summed E-state index contributed by atoms with van der Waals surface area (Å²) in [6, 6.07) is 11.3. The number of ketones is 1. The highest BCUT2D eigenvalue weighted by Gasteiger charge is 2.46. The van der Waals surface area contributed by atoms with Gasteiger partial charge in [0, 0.05) is 29.1 Å². The van der Waals surface area contributed by atoms with Crippen molar-refractivity contribution in [2.75, 3.05) is 27.2 Å². The molecule has 1 amide bonds. The Hall–Kier alpha value is -2.70. The molecule has 5 nitrogen and oxygen atoms in total. The van der Waals surface area contributed by atoms with Crippen molar-refractivity contribution in [2.45, 2.75) is 12.5 Å². The van der Waals surface area contributed by atoms with Crippen LogP contribution >= 0.6 is 11.6 Å². The van der Waals surface area contributed by atoms with Gasteiger partial charge < -0.3 is 14.9 Å². The number of halogens is 2. The first kappa shape index (κ1) is 21.0. The van der Waals surface area contributed by atoms with Crippen LogP contribution < -0.4 is 4.90 Å². The first-order chi connectivity index (χ1) is 13.8. The Morgan fingerprint density at radius 2 is 1.79 bits per heavy atom. The number of Topliss-reactive ketones (excluding diaryl/α,β-unsaturated/α-hetero) is 1. The van der Waals surface area contributed by atoms with Crippen LogP contribution in [0.5, 0.6) is 0 Å². The first-order valence-corrected chi connectivity index (χ1v) is 9.77. The lowest BCUT2D eigenvalue weighted by Gasteiger charge is -2.25. The van der Waals surface area contributed by atoms with Gasteiger partial charge in [-0.25, -0.2) is 4.39 Å². The number of likely N-dealkylation sites (tertiary alicyclic amines) is 1. The van der Waals surface area contributed by atoms with Crippen LogP contribution in [0.1, 0.15) is 23.6 Å². The Kier molecular flexibility index (Phi) is 6.35. The van der Waals surface area contributed by atoms with E-state index in [0.29, 0.717) is 17.0 Å². The van der Waals surface area contributed by atoms with E-state index in [1.54, 1.807) is 36.4 Å². The molecule has 7 heteroatoms. The molecule has 0 aromatic heterocycles. The van der Waals surface area contributed by atoms with Crippen molar-refractivity contribution in [2.24, 2.45) is 0 Å². The van der Waals surface area contributed by atoms with Crippen molar-refractivity contribution in [3.8, 4) is 0 Å². The maximum absolute atomic E-state index is 14.6. The Balaban J connectivity index is 2.11. The molecule has 1 aliphatic rings. The maximum atomic E-state index is 14.6. The minimum absolute atomic E-state index is 0.111. The molecule has 3 rings (SSSR count). The molecule has 0 spiro atoms. The van der Waals surface area contributed by atoms with Gasteiger partial charge in [0.2, 0.25) is 0 Å². The Morgan fingerprint density at radius 3 is 2.41 bits per heavy atom. The van der Waals surface area contributed by atoms with Crippen LogP contribution in [0.2, 0.25) is 5.02 Å². The van der Waals surface area contributed by atoms with E-state index in [0.717, 1.165) is 6.54 Å². The van der Waals surface area contributed by atoms with Gasteiger partial charge >= 0.3 is 0 Å². The number of hydrogen-bond acceptors (Lipinski definition) is 3. The van der Waals surface area contributed by atoms with E-state index in [-0.39, 0.29) is 23.4 Å². The van der Waals surface area contributed by atoms with E-state index in [2.05, 4.69) is 0 Å². The molecule has 0 saturated carbocycles. The zero-order valence-corrected chi connectivity index (χ0v) is 17.0. The second-order valence-corrected chi connectivity index (χ2v) is 7.77. The van der Waals surface area contributed by atoms with Gasteiger partial charge in [0.15, 0.2) is 0 Å². The predicted molar refractivity (Wildman–Crippen MR) is 109 cm³/mol. The van der Waals surface area contributed by atoms with Crippen molar-refractivity contribution in [3.63, 3.8) is 0 Å². The minimum Gasteiger partial charge on any atom is -0.507 e. The minimum atomic E-state index is -0.982. The van der Waals surface area contributed by atoms with Crippen molar-refractivity contribution in [3.05, 3.63) is 76.1 Å². The number of carbonyl (C=O) groups is 2. The molecule has 0 radical (unpaired) electrons. The lowest BCUT2D eigenvalue weighted by atomic mass is 9.95. The van der Waals surface area contributed by atoms with Gasteiger partial charge in [-0.15, -0.1) is 0 Å². The van der Waals surface area contributed by atoms with Crippen LogP contribution in [0.15, 0.2) is 54.1 Å². The molecule has 0 aliphatic carbocycles. The zero-order valence-electron chi connectivity index (χ0n) is 16.3. The predicted octanol–water partition coefficient (Wildman–Crippen LogP) is 2.44. The van der Waals surface area contributed by atoms with Crippen LogP contribution in [0.3, 0.4) is 0 Å². The summed E-state index contributed by atoms with van der Waals surface area (Å²) in [6.07, 6.45) is 0.640. The van der Waals surface area contributed by atoms with Gasteiger partial charge in [-0.2, -0.15) is 0 Å². The molecule has 29 heavy (non-hydrogen) atoms. The standard InChI is InChI=1S/C22H22ClFN2O3/c1-25(2)12-5-13-26-19(16-6-3-4-7-17(16)24)18(21(28)22(26)29)20(27)14-8-10-15(23)11-9-14/h3-4,6-11,19,27H,5,12-13H2,1-2H3/p+1/t19-/m1/s1. The van der Waals surface area contributed by atoms with E-state index >= 15 is 0 Å². The molecule has 2 aromatic rings. The molecule has 1 atom stereocenters. The van der Waals surface area contributed by atoms with E-state index in [1.807, 2.05) is 14.1 Å². The second kappa shape index (κ2) is 8.76. The quantitative estimate of drug-likeness (QED) is 0.431. The van der Waals surface area contributed by atoms with Crippen molar-refractivity contribution in [1.29, 1.82) is 0 Å². The maximum Gasteiger partial charge on any atom is 0.295 e. The number of nitrogens with one attached hydrogen (secondary N) is 1. The van der Waals surface area contributed by atoms with Gasteiger partial charge in [-0.1, -0.05) is 29.8 Å². The number of aliphatic hydroxyl groups is 1. The fraction of sp³-hybridized carbons (Fsp3) is 0.273. The van der Waals surface area contributed by atoms with Gasteiger partial charge in [-0.05, 0) is 30.3 Å². The Bertz CT molecular complexity index is 957. The number of rotatable bonds is 6. The van der Waals surface area contributed by atoms with Crippen LogP contribution in [0.25, 0.3) is 5.76 Å². The summed E-state index contributed by atoms with van der Waals surface area (Å²) >= 11 is 5.90. The first-order valence-electron chi connectivity index (χ1n) is 9.39. The monoisotopic (exact) mass is 417 g/mol. The van der Waals surface area contributed by atoms with Crippen LogP contribution in [0.4, 0.5) is 4.39 Å². The topological polar surface area (TPSA) is 62.0 Å². The number of benzene rings is 2. The SMILES string of the molecule is C[NH+](C)CCCN1C(=O)C(=O)C(=C(O)c2ccc(Cl)cc2)[C@H]1c1ccccc1F. The van der Waals surface area contributed by atoms with Crippen LogP contribution in [-0.2, 0) is 9.59 Å². The number of amides is 1. The van der Waals surface area contributed by atoms with E-state index in [4.69, 9.17) is 11.6 Å². The summed E-state index contributed by atoms with van der Waals surface area (Å²) in [4.78, 5) is 28.1. The zero-order chi connectivity index (χ0) is 21.1. The van der Waals surface area contributed by atoms with E-state index < -0.39 is 23.5 Å². The number of nitrogens with zero attached hydrogens (tertiary/aromatic N) is 1. The molecule has 1 heterocycles. The number of hydrogen-bond donors (Lipinski definition) is 2. The molecular weight excluding hydrogens is 395 g/mol. The molecule has 0 bridgehead atoms. The van der Waals surface area contributed by atoms with Gasteiger partial charge in [0.1, 0.15) is 11.6 Å². The third-order valence-corrected chi connectivity index (χ3v) is 5.19. The molecule has 1 aliphatic heterocycles. The van der Waals surface area contributed by atoms with Crippen molar-refractivity contribution < 1.29 is 24.0 Å². The summed E-state index contributed by atoms with van der Waals surface area (Å²) in [5.41, 5.74) is 0.408. The van der Waals surface area contributed by atoms with Crippen molar-refractivity contribution >= 4 is 29.1 Å². The summed E-state index contributed by atoms with van der Waals surface area (Å²) in [5.74, 6) is -2.43. The molecule has 1 fully saturated rings. The molecule has 2 N–H and O–H groups in total. The number of carbonyl (C=O) groups excluding carboxylic acids is 2. The number of aliphatic hydroxyl groups excluding tert-OH is 1.